The van der Waals surface area contributed by atoms with Gasteiger partial charge < -0.3 is 10.2 Å². The van der Waals surface area contributed by atoms with Gasteiger partial charge in [0.2, 0.25) is 0 Å². The van der Waals surface area contributed by atoms with Crippen LogP contribution in [0.1, 0.15) is 56.2 Å². The molecule has 0 atom stereocenters. The van der Waals surface area contributed by atoms with E-state index in [1.165, 1.54) is 5.56 Å². The molecule has 5 heteroatoms. The lowest BCUT2D eigenvalue weighted by Gasteiger charge is -2.35. The maximum Gasteiger partial charge on any atom is 0.321 e. The second-order valence-electron chi connectivity index (χ2n) is 8.45. The standard InChI is InChI=1S/C24H32FN3O/c1-17(2)21-14-20(25)15-22(18(3)4)23(21)26-24(29)28-12-10-27(11-13-28)16-19-8-6-5-7-9-19/h5-9,14-15,17-18H,10-13,16H2,1-4H3,(H,26,29). The zero-order chi connectivity index (χ0) is 21.0. The fourth-order valence-corrected chi connectivity index (χ4v) is 3.84. The summed E-state index contributed by atoms with van der Waals surface area (Å²) in [7, 11) is 0. The van der Waals surface area contributed by atoms with Crippen LogP contribution < -0.4 is 5.32 Å². The van der Waals surface area contributed by atoms with E-state index in [-0.39, 0.29) is 23.7 Å². The topological polar surface area (TPSA) is 35.6 Å². The van der Waals surface area contributed by atoms with Crippen molar-refractivity contribution in [2.45, 2.75) is 46.1 Å². The molecular formula is C24H32FN3O. The Labute approximate surface area is 173 Å². The van der Waals surface area contributed by atoms with Crippen LogP contribution in [0.25, 0.3) is 0 Å². The number of hydrogen-bond donors (Lipinski definition) is 1. The number of piperazine rings is 1. The molecule has 2 aromatic rings. The van der Waals surface area contributed by atoms with Gasteiger partial charge in [-0.15, -0.1) is 0 Å². The monoisotopic (exact) mass is 397 g/mol. The molecule has 1 fully saturated rings. The van der Waals surface area contributed by atoms with Crippen LogP contribution in [-0.4, -0.2) is 42.0 Å². The van der Waals surface area contributed by atoms with Crippen molar-refractivity contribution in [1.29, 1.82) is 0 Å². The van der Waals surface area contributed by atoms with Gasteiger partial charge in [0.25, 0.3) is 0 Å². The molecule has 0 bridgehead atoms. The van der Waals surface area contributed by atoms with Gasteiger partial charge >= 0.3 is 6.03 Å². The second-order valence-corrected chi connectivity index (χ2v) is 8.45. The summed E-state index contributed by atoms with van der Waals surface area (Å²) in [5.41, 5.74) is 3.77. The predicted molar refractivity (Wildman–Crippen MR) is 117 cm³/mol. The summed E-state index contributed by atoms with van der Waals surface area (Å²) in [6, 6.07) is 13.4. The number of carbonyl (C=O) groups is 1. The lowest BCUT2D eigenvalue weighted by Crippen LogP contribution is -2.49. The summed E-state index contributed by atoms with van der Waals surface area (Å²) in [4.78, 5) is 17.2. The third kappa shape index (κ3) is 5.36. The molecule has 2 amide bonds. The molecule has 0 unspecified atom stereocenters. The van der Waals surface area contributed by atoms with Crippen molar-refractivity contribution in [2.75, 3.05) is 31.5 Å². The van der Waals surface area contributed by atoms with E-state index >= 15 is 0 Å². The van der Waals surface area contributed by atoms with Crippen LogP contribution in [0, 0.1) is 5.82 Å². The largest absolute Gasteiger partial charge is 0.322 e. The molecule has 1 aliphatic heterocycles. The predicted octanol–water partition coefficient (Wildman–Crippen LogP) is 5.42. The van der Waals surface area contributed by atoms with Crippen LogP contribution in [0.15, 0.2) is 42.5 Å². The second kappa shape index (κ2) is 9.40. The van der Waals surface area contributed by atoms with Crippen molar-refractivity contribution in [3.63, 3.8) is 0 Å². The van der Waals surface area contributed by atoms with Crippen LogP contribution in [0.2, 0.25) is 0 Å². The summed E-state index contributed by atoms with van der Waals surface area (Å²) >= 11 is 0. The minimum Gasteiger partial charge on any atom is -0.322 e. The number of anilines is 1. The molecule has 0 radical (unpaired) electrons. The summed E-state index contributed by atoms with van der Waals surface area (Å²) in [5.74, 6) is 0.00682. The molecular weight excluding hydrogens is 365 g/mol. The van der Waals surface area contributed by atoms with Crippen molar-refractivity contribution >= 4 is 11.7 Å². The highest BCUT2D eigenvalue weighted by atomic mass is 19.1. The first-order valence-corrected chi connectivity index (χ1v) is 10.5. The molecule has 1 N–H and O–H groups in total. The van der Waals surface area contributed by atoms with E-state index < -0.39 is 0 Å². The Hall–Kier alpha value is -2.40. The molecule has 0 aromatic heterocycles. The van der Waals surface area contributed by atoms with Crippen molar-refractivity contribution in [3.8, 4) is 0 Å². The molecule has 3 rings (SSSR count). The van der Waals surface area contributed by atoms with Gasteiger partial charge in [-0.25, -0.2) is 9.18 Å². The highest BCUT2D eigenvalue weighted by Gasteiger charge is 2.24. The molecule has 1 aliphatic rings. The molecule has 0 aliphatic carbocycles. The van der Waals surface area contributed by atoms with Crippen molar-refractivity contribution < 1.29 is 9.18 Å². The van der Waals surface area contributed by atoms with E-state index in [4.69, 9.17) is 0 Å². The molecule has 29 heavy (non-hydrogen) atoms. The Balaban J connectivity index is 1.67. The van der Waals surface area contributed by atoms with Gasteiger partial charge in [-0.2, -0.15) is 0 Å². The van der Waals surface area contributed by atoms with Gasteiger partial charge in [-0.05, 0) is 40.7 Å². The molecule has 1 heterocycles. The summed E-state index contributed by atoms with van der Waals surface area (Å²) in [6.45, 7) is 12.1. The Morgan fingerprint density at radius 3 is 2.03 bits per heavy atom. The number of hydrogen-bond acceptors (Lipinski definition) is 2. The minimum absolute atomic E-state index is 0.0974. The molecule has 0 saturated carbocycles. The van der Waals surface area contributed by atoms with Crippen molar-refractivity contribution in [1.82, 2.24) is 9.80 Å². The fraction of sp³-hybridized carbons (Fsp3) is 0.458. The van der Waals surface area contributed by atoms with E-state index in [9.17, 15) is 9.18 Å². The van der Waals surface area contributed by atoms with E-state index in [2.05, 4.69) is 34.5 Å². The van der Waals surface area contributed by atoms with Crippen LogP contribution >= 0.6 is 0 Å². The number of carbonyl (C=O) groups excluding carboxylic acids is 1. The number of nitrogens with one attached hydrogen (secondary N) is 1. The Bertz CT molecular complexity index is 798. The smallest absolute Gasteiger partial charge is 0.321 e. The van der Waals surface area contributed by atoms with Gasteiger partial charge in [0.1, 0.15) is 5.82 Å². The van der Waals surface area contributed by atoms with Crippen LogP contribution in [-0.2, 0) is 6.54 Å². The molecule has 1 saturated heterocycles. The Morgan fingerprint density at radius 2 is 1.52 bits per heavy atom. The maximum absolute atomic E-state index is 14.1. The van der Waals surface area contributed by atoms with Gasteiger partial charge in [-0.3, -0.25) is 4.90 Å². The lowest BCUT2D eigenvalue weighted by molar-refractivity contribution is 0.143. The quantitative estimate of drug-likeness (QED) is 0.731. The summed E-state index contributed by atoms with van der Waals surface area (Å²) < 4.78 is 14.1. The zero-order valence-corrected chi connectivity index (χ0v) is 17.9. The Morgan fingerprint density at radius 1 is 0.966 bits per heavy atom. The number of halogens is 1. The summed E-state index contributed by atoms with van der Waals surface area (Å²) in [5, 5.41) is 3.11. The van der Waals surface area contributed by atoms with Gasteiger partial charge in [-0.1, -0.05) is 58.0 Å². The average Bonchev–Trinajstić information content (AvgIpc) is 2.70. The average molecular weight is 398 g/mol. The Kier molecular flexibility index (Phi) is 6.91. The van der Waals surface area contributed by atoms with E-state index in [0.717, 1.165) is 36.4 Å². The van der Waals surface area contributed by atoms with E-state index in [1.54, 1.807) is 12.1 Å². The highest BCUT2D eigenvalue weighted by Crippen LogP contribution is 2.33. The van der Waals surface area contributed by atoms with E-state index in [1.807, 2.05) is 38.7 Å². The van der Waals surface area contributed by atoms with Gasteiger partial charge in [0.15, 0.2) is 0 Å². The maximum atomic E-state index is 14.1. The first-order chi connectivity index (χ1) is 13.8. The number of amides is 2. The normalized spacial score (nSPS) is 15.2. The third-order valence-corrected chi connectivity index (χ3v) is 5.55. The molecule has 4 nitrogen and oxygen atoms in total. The first-order valence-electron chi connectivity index (χ1n) is 10.5. The van der Waals surface area contributed by atoms with Gasteiger partial charge in [0, 0.05) is 38.4 Å². The van der Waals surface area contributed by atoms with Crippen LogP contribution in [0.5, 0.6) is 0 Å². The highest BCUT2D eigenvalue weighted by molar-refractivity contribution is 5.91. The zero-order valence-electron chi connectivity index (χ0n) is 17.9. The third-order valence-electron chi connectivity index (χ3n) is 5.55. The minimum atomic E-state index is -0.245. The summed E-state index contributed by atoms with van der Waals surface area (Å²) in [6.07, 6.45) is 0. The van der Waals surface area contributed by atoms with Crippen molar-refractivity contribution in [2.24, 2.45) is 0 Å². The van der Waals surface area contributed by atoms with E-state index in [0.29, 0.717) is 13.1 Å². The van der Waals surface area contributed by atoms with Crippen molar-refractivity contribution in [3.05, 3.63) is 65.0 Å². The number of urea groups is 1. The van der Waals surface area contributed by atoms with Gasteiger partial charge in [0.05, 0.1) is 0 Å². The molecule has 156 valence electrons. The van der Waals surface area contributed by atoms with Crippen LogP contribution in [0.4, 0.5) is 14.9 Å². The SMILES string of the molecule is CC(C)c1cc(F)cc(C(C)C)c1NC(=O)N1CCN(Cc2ccccc2)CC1. The van der Waals surface area contributed by atoms with Crippen LogP contribution in [0.3, 0.4) is 0 Å². The first kappa shape index (κ1) is 21.3. The number of rotatable bonds is 5. The fourth-order valence-electron chi connectivity index (χ4n) is 3.84. The molecule has 2 aromatic carbocycles. The number of benzene rings is 2. The lowest BCUT2D eigenvalue weighted by atomic mass is 9.92. The number of nitrogens with zero attached hydrogens (tertiary/aromatic N) is 2. The molecule has 0 spiro atoms.